The number of rotatable bonds is 5. The number of carbonyl (C=O) groups is 2. The number of benzene rings is 1. The minimum absolute atomic E-state index is 0.151. The van der Waals surface area contributed by atoms with Gasteiger partial charge in [-0.3, -0.25) is 19.4 Å². The number of hydrogen-bond donors (Lipinski definition) is 1. The smallest absolute Gasteiger partial charge is 0.241 e. The Morgan fingerprint density at radius 3 is 2.21 bits per heavy atom. The maximum absolute atomic E-state index is 12.6. The maximum atomic E-state index is 12.6. The summed E-state index contributed by atoms with van der Waals surface area (Å²) in [5.41, 5.74) is 0.447. The first kappa shape index (κ1) is 21.7. The summed E-state index contributed by atoms with van der Waals surface area (Å²) in [7, 11) is 0. The molecular weight excluding hydrogens is 423 g/mol. The first-order chi connectivity index (χ1) is 13.3. The van der Waals surface area contributed by atoms with E-state index in [0.29, 0.717) is 27.3 Å². The average molecular weight is 448 g/mol. The van der Waals surface area contributed by atoms with E-state index in [9.17, 15) is 9.59 Å². The monoisotopic (exact) mass is 446 g/mol. The second-order valence-corrected chi connectivity index (χ2v) is 8.53. The standard InChI is InChI=1S/C19H25Cl3N4O2/c1-13(19(28)23-17-11-15(21)14(20)10-16(17)22)25-8-6-24(7-9-25)12-18(27)26-4-2-3-5-26/h10-11,13H,2-9,12H2,1H3,(H,23,28). The third kappa shape index (κ3) is 5.30. The fraction of sp³-hybridized carbons (Fsp3) is 0.579. The topological polar surface area (TPSA) is 55.9 Å². The van der Waals surface area contributed by atoms with Crippen LogP contribution in [0.2, 0.25) is 15.1 Å². The second kappa shape index (κ2) is 9.63. The molecular formula is C19H25Cl3N4O2. The molecule has 2 heterocycles. The lowest BCUT2D eigenvalue weighted by molar-refractivity contribution is -0.132. The number of nitrogens with zero attached hydrogens (tertiary/aromatic N) is 3. The van der Waals surface area contributed by atoms with Crippen molar-refractivity contribution in [2.45, 2.75) is 25.8 Å². The van der Waals surface area contributed by atoms with Gasteiger partial charge < -0.3 is 10.2 Å². The number of hydrogen-bond acceptors (Lipinski definition) is 4. The predicted molar refractivity (Wildman–Crippen MR) is 113 cm³/mol. The van der Waals surface area contributed by atoms with E-state index >= 15 is 0 Å². The average Bonchev–Trinajstić information content (AvgIpc) is 3.21. The van der Waals surface area contributed by atoms with Crippen LogP contribution in [0.3, 0.4) is 0 Å². The number of anilines is 1. The zero-order chi connectivity index (χ0) is 20.3. The SMILES string of the molecule is CC(C(=O)Nc1cc(Cl)c(Cl)cc1Cl)N1CCN(CC(=O)N2CCCC2)CC1. The highest BCUT2D eigenvalue weighted by Crippen LogP contribution is 2.32. The Hall–Kier alpha value is -1.05. The van der Waals surface area contributed by atoms with E-state index < -0.39 is 0 Å². The van der Waals surface area contributed by atoms with Crippen molar-refractivity contribution >= 4 is 52.3 Å². The molecule has 28 heavy (non-hydrogen) atoms. The molecule has 6 nitrogen and oxygen atoms in total. The van der Waals surface area contributed by atoms with Crippen molar-refractivity contribution in [3.8, 4) is 0 Å². The van der Waals surface area contributed by atoms with Gasteiger partial charge in [0.25, 0.3) is 0 Å². The molecule has 2 aliphatic heterocycles. The first-order valence-corrected chi connectivity index (χ1v) is 10.7. The lowest BCUT2D eigenvalue weighted by Crippen LogP contribution is -2.54. The van der Waals surface area contributed by atoms with Gasteiger partial charge in [0, 0.05) is 39.3 Å². The Labute approximate surface area is 180 Å². The van der Waals surface area contributed by atoms with Crippen LogP contribution in [0.15, 0.2) is 12.1 Å². The molecule has 3 rings (SSSR count). The molecule has 2 saturated heterocycles. The van der Waals surface area contributed by atoms with Crippen LogP contribution in [-0.4, -0.2) is 78.4 Å². The molecule has 1 N–H and O–H groups in total. The Bertz CT molecular complexity index is 732. The van der Waals surface area contributed by atoms with Crippen molar-refractivity contribution in [2.24, 2.45) is 0 Å². The lowest BCUT2D eigenvalue weighted by Gasteiger charge is -2.37. The number of nitrogens with one attached hydrogen (secondary N) is 1. The molecule has 0 spiro atoms. The molecule has 0 aromatic heterocycles. The Morgan fingerprint density at radius 2 is 1.57 bits per heavy atom. The van der Waals surface area contributed by atoms with Crippen LogP contribution in [0, 0.1) is 0 Å². The Kier molecular flexibility index (Phi) is 7.45. The van der Waals surface area contributed by atoms with E-state index in [1.54, 1.807) is 6.07 Å². The van der Waals surface area contributed by atoms with E-state index in [1.807, 2.05) is 11.8 Å². The van der Waals surface area contributed by atoms with Gasteiger partial charge in [-0.15, -0.1) is 0 Å². The van der Waals surface area contributed by atoms with Crippen LogP contribution in [0.25, 0.3) is 0 Å². The van der Waals surface area contributed by atoms with Gasteiger partial charge in [-0.25, -0.2) is 0 Å². The molecule has 154 valence electrons. The van der Waals surface area contributed by atoms with Crippen molar-refractivity contribution in [1.82, 2.24) is 14.7 Å². The van der Waals surface area contributed by atoms with Crippen LogP contribution >= 0.6 is 34.8 Å². The summed E-state index contributed by atoms with van der Waals surface area (Å²) in [5.74, 6) is 0.0629. The quantitative estimate of drug-likeness (QED) is 0.704. The summed E-state index contributed by atoms with van der Waals surface area (Å²) >= 11 is 18.1. The molecule has 0 bridgehead atoms. The summed E-state index contributed by atoms with van der Waals surface area (Å²) in [6, 6.07) is 2.75. The number of halogens is 3. The summed E-state index contributed by atoms with van der Waals surface area (Å²) < 4.78 is 0. The van der Waals surface area contributed by atoms with Gasteiger partial charge in [0.05, 0.1) is 33.3 Å². The molecule has 1 unspecified atom stereocenters. The van der Waals surface area contributed by atoms with Crippen LogP contribution in [0.5, 0.6) is 0 Å². The zero-order valence-electron chi connectivity index (χ0n) is 15.9. The molecule has 2 fully saturated rings. The normalized spacial score (nSPS) is 19.6. The summed E-state index contributed by atoms with van der Waals surface area (Å²) in [6.07, 6.45) is 2.21. The van der Waals surface area contributed by atoms with Gasteiger partial charge in [-0.2, -0.15) is 0 Å². The van der Waals surface area contributed by atoms with E-state index in [1.165, 1.54) is 6.07 Å². The highest BCUT2D eigenvalue weighted by molar-refractivity contribution is 6.44. The van der Waals surface area contributed by atoms with E-state index in [0.717, 1.165) is 52.1 Å². The molecule has 0 saturated carbocycles. The van der Waals surface area contributed by atoms with Gasteiger partial charge in [0.15, 0.2) is 0 Å². The second-order valence-electron chi connectivity index (χ2n) is 7.31. The predicted octanol–water partition coefficient (Wildman–Crippen LogP) is 3.21. The molecule has 0 radical (unpaired) electrons. The fourth-order valence-corrected chi connectivity index (χ4v) is 4.18. The van der Waals surface area contributed by atoms with Crippen LogP contribution in [0.4, 0.5) is 5.69 Å². The van der Waals surface area contributed by atoms with E-state index in [4.69, 9.17) is 34.8 Å². The number of piperazine rings is 1. The van der Waals surface area contributed by atoms with Crippen molar-refractivity contribution in [3.05, 3.63) is 27.2 Å². The van der Waals surface area contributed by atoms with Crippen LogP contribution < -0.4 is 5.32 Å². The van der Waals surface area contributed by atoms with Crippen molar-refractivity contribution in [2.75, 3.05) is 51.1 Å². The van der Waals surface area contributed by atoms with E-state index in [2.05, 4.69) is 15.1 Å². The molecule has 2 amide bonds. The van der Waals surface area contributed by atoms with Crippen molar-refractivity contribution in [1.29, 1.82) is 0 Å². The minimum atomic E-state index is -0.318. The minimum Gasteiger partial charge on any atom is -0.342 e. The summed E-state index contributed by atoms with van der Waals surface area (Å²) in [4.78, 5) is 31.1. The number of likely N-dealkylation sites (tertiary alicyclic amines) is 1. The zero-order valence-corrected chi connectivity index (χ0v) is 18.2. The number of amides is 2. The van der Waals surface area contributed by atoms with Gasteiger partial charge in [-0.1, -0.05) is 34.8 Å². The van der Waals surface area contributed by atoms with Gasteiger partial charge in [0.1, 0.15) is 0 Å². The summed E-state index contributed by atoms with van der Waals surface area (Å²) in [5, 5.41) is 3.86. The number of carbonyl (C=O) groups excluding carboxylic acids is 2. The Morgan fingerprint density at radius 1 is 0.964 bits per heavy atom. The van der Waals surface area contributed by atoms with Crippen molar-refractivity contribution in [3.63, 3.8) is 0 Å². The first-order valence-electron chi connectivity index (χ1n) is 9.54. The van der Waals surface area contributed by atoms with Gasteiger partial charge in [-0.05, 0) is 31.9 Å². The van der Waals surface area contributed by atoms with Crippen molar-refractivity contribution < 1.29 is 9.59 Å². The maximum Gasteiger partial charge on any atom is 0.241 e. The molecule has 0 aliphatic carbocycles. The lowest BCUT2D eigenvalue weighted by atomic mass is 10.2. The fourth-order valence-electron chi connectivity index (χ4n) is 3.59. The third-order valence-corrected chi connectivity index (χ3v) is 6.45. The van der Waals surface area contributed by atoms with Gasteiger partial charge in [0.2, 0.25) is 11.8 Å². The van der Waals surface area contributed by atoms with Crippen LogP contribution in [-0.2, 0) is 9.59 Å². The van der Waals surface area contributed by atoms with Gasteiger partial charge >= 0.3 is 0 Å². The van der Waals surface area contributed by atoms with Crippen LogP contribution in [0.1, 0.15) is 19.8 Å². The molecule has 1 aromatic carbocycles. The molecule has 1 aromatic rings. The molecule has 2 aliphatic rings. The molecule has 9 heteroatoms. The highest BCUT2D eigenvalue weighted by Gasteiger charge is 2.28. The highest BCUT2D eigenvalue weighted by atomic mass is 35.5. The van der Waals surface area contributed by atoms with E-state index in [-0.39, 0.29) is 17.9 Å². The largest absolute Gasteiger partial charge is 0.342 e. The summed E-state index contributed by atoms with van der Waals surface area (Å²) in [6.45, 7) is 7.10. The third-order valence-electron chi connectivity index (χ3n) is 5.42. The Balaban J connectivity index is 1.49. The molecule has 1 atom stereocenters.